The predicted octanol–water partition coefficient (Wildman–Crippen LogP) is 2.20. The third kappa shape index (κ3) is 4.20. The van der Waals surface area contributed by atoms with Crippen molar-refractivity contribution in [2.75, 3.05) is 0 Å². The molecule has 0 aliphatic heterocycles. The van der Waals surface area contributed by atoms with E-state index in [9.17, 15) is 19.7 Å². The van der Waals surface area contributed by atoms with Crippen LogP contribution in [0.4, 0.5) is 5.69 Å². The molecule has 0 bridgehead atoms. The van der Waals surface area contributed by atoms with Gasteiger partial charge in [-0.25, -0.2) is 0 Å². The van der Waals surface area contributed by atoms with Crippen molar-refractivity contribution in [3.63, 3.8) is 0 Å². The average molecular weight is 366 g/mol. The summed E-state index contributed by atoms with van der Waals surface area (Å²) in [5.41, 5.74) is 0.606. The van der Waals surface area contributed by atoms with Gasteiger partial charge in [-0.05, 0) is 31.2 Å². The molecule has 1 unspecified atom stereocenters. The van der Waals surface area contributed by atoms with Gasteiger partial charge in [0.25, 0.3) is 11.2 Å². The highest BCUT2D eigenvalue weighted by molar-refractivity contribution is 5.76. The number of pyridine rings is 1. The Morgan fingerprint density at radius 1 is 1.41 bits per heavy atom. The first-order valence-corrected chi connectivity index (χ1v) is 8.54. The first kappa shape index (κ1) is 18.3. The molecule has 3 rings (SSSR count). The summed E-state index contributed by atoms with van der Waals surface area (Å²) in [6, 6.07) is 10.3. The maximum Gasteiger partial charge on any atom is 0.287 e. The molecule has 1 heterocycles. The van der Waals surface area contributed by atoms with Crippen LogP contribution in [0.2, 0.25) is 0 Å². The molecule has 1 aromatic heterocycles. The lowest BCUT2D eigenvalue weighted by Gasteiger charge is -2.19. The lowest BCUT2D eigenvalue weighted by molar-refractivity contribution is -0.385. The number of hydrogen-bond donors (Lipinski definition) is 1. The molecule has 0 radical (unpaired) electrons. The van der Waals surface area contributed by atoms with Crippen molar-refractivity contribution in [3.8, 4) is 6.07 Å². The highest BCUT2D eigenvalue weighted by atomic mass is 16.6. The van der Waals surface area contributed by atoms with Gasteiger partial charge in [0.05, 0.1) is 17.2 Å². The SMILES string of the molecule is Cc1ccc(C(NC(=O)Cn2cc([N+](=O)[O-])cc(C#N)c2=O)C2CC2)cc1. The van der Waals surface area contributed by atoms with E-state index in [4.69, 9.17) is 5.26 Å². The number of amides is 1. The summed E-state index contributed by atoms with van der Waals surface area (Å²) in [6.07, 6.45) is 3.00. The fraction of sp³-hybridized carbons (Fsp3) is 0.316. The second-order valence-corrected chi connectivity index (χ2v) is 6.71. The molecule has 2 aromatic rings. The summed E-state index contributed by atoms with van der Waals surface area (Å²) >= 11 is 0. The second-order valence-electron chi connectivity index (χ2n) is 6.71. The topological polar surface area (TPSA) is 118 Å². The van der Waals surface area contributed by atoms with Crippen LogP contribution in [0.25, 0.3) is 0 Å². The van der Waals surface area contributed by atoms with Crippen molar-refractivity contribution < 1.29 is 9.72 Å². The van der Waals surface area contributed by atoms with Gasteiger partial charge in [-0.3, -0.25) is 24.3 Å². The predicted molar refractivity (Wildman–Crippen MR) is 96.9 cm³/mol. The van der Waals surface area contributed by atoms with E-state index in [-0.39, 0.29) is 18.2 Å². The molecule has 1 aliphatic carbocycles. The van der Waals surface area contributed by atoms with Crippen molar-refractivity contribution in [2.24, 2.45) is 5.92 Å². The van der Waals surface area contributed by atoms with Gasteiger partial charge in [0.2, 0.25) is 5.91 Å². The Hall–Kier alpha value is -3.47. The summed E-state index contributed by atoms with van der Waals surface area (Å²) in [6.45, 7) is 1.60. The molecule has 8 nitrogen and oxygen atoms in total. The molecule has 27 heavy (non-hydrogen) atoms. The summed E-state index contributed by atoms with van der Waals surface area (Å²) in [5, 5.41) is 22.9. The van der Waals surface area contributed by atoms with E-state index in [0.717, 1.165) is 40.8 Å². The van der Waals surface area contributed by atoms with Crippen LogP contribution in [0.15, 0.2) is 41.3 Å². The van der Waals surface area contributed by atoms with Gasteiger partial charge in [0, 0.05) is 6.07 Å². The zero-order valence-electron chi connectivity index (χ0n) is 14.7. The third-order valence-electron chi connectivity index (χ3n) is 4.56. The Morgan fingerprint density at radius 3 is 2.63 bits per heavy atom. The first-order valence-electron chi connectivity index (χ1n) is 8.54. The van der Waals surface area contributed by atoms with E-state index < -0.39 is 22.1 Å². The van der Waals surface area contributed by atoms with Crippen LogP contribution in [-0.4, -0.2) is 15.4 Å². The van der Waals surface area contributed by atoms with Crippen molar-refractivity contribution in [3.05, 3.63) is 73.7 Å². The van der Waals surface area contributed by atoms with Crippen LogP contribution in [0.5, 0.6) is 0 Å². The number of aryl methyl sites for hydroxylation is 1. The Bertz CT molecular complexity index is 984. The molecular weight excluding hydrogens is 348 g/mol. The number of hydrogen-bond acceptors (Lipinski definition) is 5. The summed E-state index contributed by atoms with van der Waals surface area (Å²) in [4.78, 5) is 35.0. The number of nitrogens with zero attached hydrogens (tertiary/aromatic N) is 3. The maximum atomic E-state index is 12.5. The van der Waals surface area contributed by atoms with Gasteiger partial charge in [-0.2, -0.15) is 5.26 Å². The summed E-state index contributed by atoms with van der Waals surface area (Å²) in [5.74, 6) is -0.0906. The number of rotatable bonds is 6. The molecule has 1 aliphatic rings. The Morgan fingerprint density at radius 2 is 2.07 bits per heavy atom. The second kappa shape index (κ2) is 7.41. The van der Waals surface area contributed by atoms with Crippen LogP contribution in [0.3, 0.4) is 0 Å². The molecule has 1 atom stereocenters. The van der Waals surface area contributed by atoms with Crippen molar-refractivity contribution >= 4 is 11.6 Å². The summed E-state index contributed by atoms with van der Waals surface area (Å²) < 4.78 is 0.908. The first-order chi connectivity index (χ1) is 12.9. The van der Waals surface area contributed by atoms with E-state index >= 15 is 0 Å². The Kier molecular flexibility index (Phi) is 5.03. The monoisotopic (exact) mass is 366 g/mol. The molecular formula is C19H18N4O4. The highest BCUT2D eigenvalue weighted by Crippen LogP contribution is 2.41. The van der Waals surface area contributed by atoms with E-state index in [1.54, 1.807) is 6.07 Å². The Labute approximate surface area is 155 Å². The molecule has 0 saturated heterocycles. The largest absolute Gasteiger partial charge is 0.347 e. The number of aromatic nitrogens is 1. The number of nitrogens with one attached hydrogen (secondary N) is 1. The number of carbonyl (C=O) groups is 1. The normalized spacial score (nSPS) is 14.2. The fourth-order valence-corrected chi connectivity index (χ4v) is 2.97. The van der Waals surface area contributed by atoms with E-state index in [1.165, 1.54) is 0 Å². The number of nitriles is 1. The molecule has 1 saturated carbocycles. The average Bonchev–Trinajstić information content (AvgIpc) is 3.47. The number of nitro groups is 1. The van der Waals surface area contributed by atoms with E-state index in [0.29, 0.717) is 5.92 Å². The van der Waals surface area contributed by atoms with Crippen LogP contribution in [0.1, 0.15) is 35.6 Å². The number of carbonyl (C=O) groups excluding carboxylic acids is 1. The molecule has 1 amide bonds. The zero-order valence-corrected chi connectivity index (χ0v) is 14.7. The fourth-order valence-electron chi connectivity index (χ4n) is 2.97. The molecule has 0 spiro atoms. The van der Waals surface area contributed by atoms with Crippen LogP contribution in [-0.2, 0) is 11.3 Å². The van der Waals surface area contributed by atoms with Gasteiger partial charge < -0.3 is 5.32 Å². The van der Waals surface area contributed by atoms with Crippen molar-refractivity contribution in [2.45, 2.75) is 32.4 Å². The lowest BCUT2D eigenvalue weighted by Crippen LogP contribution is -2.36. The van der Waals surface area contributed by atoms with Crippen molar-refractivity contribution in [1.82, 2.24) is 9.88 Å². The maximum absolute atomic E-state index is 12.5. The minimum absolute atomic E-state index is 0.164. The highest BCUT2D eigenvalue weighted by Gasteiger charge is 2.33. The molecule has 8 heteroatoms. The Balaban J connectivity index is 1.81. The molecule has 1 fully saturated rings. The van der Waals surface area contributed by atoms with Crippen LogP contribution < -0.4 is 10.9 Å². The number of benzene rings is 1. The van der Waals surface area contributed by atoms with Gasteiger partial charge >= 0.3 is 0 Å². The van der Waals surface area contributed by atoms with Gasteiger partial charge in [-0.1, -0.05) is 29.8 Å². The smallest absolute Gasteiger partial charge is 0.287 e. The molecule has 1 aromatic carbocycles. The molecule has 1 N–H and O–H groups in total. The molecule has 138 valence electrons. The van der Waals surface area contributed by atoms with E-state index in [2.05, 4.69) is 5.32 Å². The van der Waals surface area contributed by atoms with E-state index in [1.807, 2.05) is 31.2 Å². The van der Waals surface area contributed by atoms with Gasteiger partial charge in [-0.15, -0.1) is 0 Å². The summed E-state index contributed by atoms with van der Waals surface area (Å²) in [7, 11) is 0. The quantitative estimate of drug-likeness (QED) is 0.621. The van der Waals surface area contributed by atoms with Gasteiger partial charge in [0.1, 0.15) is 18.2 Å². The standard InChI is InChI=1S/C19H18N4O4/c1-12-2-4-13(5-3-12)18(14-6-7-14)21-17(24)11-22-10-16(23(26)27)8-15(9-20)19(22)25/h2-5,8,10,14,18H,6-7,11H2,1H3,(H,21,24). The van der Waals surface area contributed by atoms with Gasteiger partial charge in [0.15, 0.2) is 0 Å². The third-order valence-corrected chi connectivity index (χ3v) is 4.56. The van der Waals surface area contributed by atoms with Crippen LogP contribution >= 0.6 is 0 Å². The lowest BCUT2D eigenvalue weighted by atomic mass is 10.0. The van der Waals surface area contributed by atoms with Crippen LogP contribution in [0, 0.1) is 34.3 Å². The minimum atomic E-state index is -0.725. The zero-order chi connectivity index (χ0) is 19.6. The van der Waals surface area contributed by atoms with Crippen molar-refractivity contribution in [1.29, 1.82) is 5.26 Å². The minimum Gasteiger partial charge on any atom is -0.347 e.